The maximum absolute atomic E-state index is 15.3. The van der Waals surface area contributed by atoms with Gasteiger partial charge in [-0.2, -0.15) is 0 Å². The summed E-state index contributed by atoms with van der Waals surface area (Å²) >= 11 is 0. The minimum Gasteiger partial charge on any atom is -0.374 e. The average Bonchev–Trinajstić information content (AvgIpc) is 3.11. The van der Waals surface area contributed by atoms with Gasteiger partial charge in [0.05, 0.1) is 6.04 Å². The molecule has 0 amide bonds. The molecular weight excluding hydrogens is 555 g/mol. The highest BCUT2D eigenvalue weighted by Gasteiger charge is 2.31. The zero-order valence-electron chi connectivity index (χ0n) is 24.0. The Hall–Kier alpha value is -5.24. The molecule has 44 heavy (non-hydrogen) atoms. The van der Waals surface area contributed by atoms with E-state index >= 15 is 4.57 Å². The molecule has 1 N–H and O–H groups in total. The van der Waals surface area contributed by atoms with Gasteiger partial charge >= 0.3 is 0 Å². The van der Waals surface area contributed by atoms with Crippen molar-refractivity contribution < 1.29 is 4.57 Å². The van der Waals surface area contributed by atoms with Crippen LogP contribution in [0.3, 0.4) is 0 Å². The third-order valence-electron chi connectivity index (χ3n) is 8.66. The number of nitrogens with one attached hydrogen (secondary N) is 1. The maximum Gasteiger partial charge on any atom is 0.171 e. The Balaban J connectivity index is 1.39. The first-order chi connectivity index (χ1) is 21.7. The van der Waals surface area contributed by atoms with E-state index in [4.69, 9.17) is 0 Å². The first kappa shape index (κ1) is 26.4. The molecule has 0 spiro atoms. The van der Waals surface area contributed by atoms with Gasteiger partial charge < -0.3 is 9.88 Å². The van der Waals surface area contributed by atoms with Crippen molar-refractivity contribution in [3.63, 3.8) is 0 Å². The Labute approximate surface area is 257 Å². The molecule has 1 aliphatic rings. The van der Waals surface area contributed by atoms with Crippen LogP contribution in [0.1, 0.15) is 17.2 Å². The van der Waals surface area contributed by atoms with Crippen LogP contribution in [-0.4, -0.2) is 4.98 Å². The van der Waals surface area contributed by atoms with Gasteiger partial charge in [-0.25, -0.2) is 0 Å². The summed E-state index contributed by atoms with van der Waals surface area (Å²) in [7, 11) is -3.13. The average molecular weight is 585 g/mol. The molecule has 3 nitrogen and oxygen atoms in total. The van der Waals surface area contributed by atoms with Crippen LogP contribution in [-0.2, 0) is 4.57 Å². The minimum atomic E-state index is -3.13. The Morgan fingerprint density at radius 2 is 1.23 bits per heavy atom. The highest BCUT2D eigenvalue weighted by molar-refractivity contribution is 7.85. The van der Waals surface area contributed by atoms with Crippen LogP contribution in [0.2, 0.25) is 0 Å². The second-order valence-corrected chi connectivity index (χ2v) is 13.9. The number of anilines is 1. The quantitative estimate of drug-likeness (QED) is 0.206. The molecule has 6 aromatic carbocycles. The number of nitrogens with zero attached hydrogens (tertiary/aromatic N) is 1. The lowest BCUT2D eigenvalue weighted by Crippen LogP contribution is -2.25. The summed E-state index contributed by atoms with van der Waals surface area (Å²) in [6, 6.07) is 51.6. The van der Waals surface area contributed by atoms with Gasteiger partial charge in [-0.3, -0.25) is 4.98 Å². The highest BCUT2D eigenvalue weighted by atomic mass is 31.2. The third kappa shape index (κ3) is 4.28. The van der Waals surface area contributed by atoms with Crippen LogP contribution in [0.15, 0.2) is 164 Å². The zero-order valence-corrected chi connectivity index (χ0v) is 24.9. The molecule has 1 unspecified atom stereocenters. The summed E-state index contributed by atoms with van der Waals surface area (Å²) in [6.07, 6.45) is 3.76. The normalized spacial score (nSPS) is 14.0. The van der Waals surface area contributed by atoms with E-state index < -0.39 is 7.14 Å². The lowest BCUT2D eigenvalue weighted by molar-refractivity contribution is 0.592. The molecule has 4 heteroatoms. The lowest BCUT2D eigenvalue weighted by Gasteiger charge is -2.32. The van der Waals surface area contributed by atoms with E-state index in [1.54, 1.807) is 0 Å². The van der Waals surface area contributed by atoms with Crippen molar-refractivity contribution in [2.75, 3.05) is 5.32 Å². The molecule has 1 atom stereocenters. The van der Waals surface area contributed by atoms with Crippen molar-refractivity contribution in [3.8, 4) is 22.3 Å². The molecule has 1 aliphatic heterocycles. The maximum atomic E-state index is 15.3. The van der Waals surface area contributed by atoms with Gasteiger partial charge in [-0.05, 0) is 62.9 Å². The molecule has 0 fully saturated rings. The van der Waals surface area contributed by atoms with E-state index in [2.05, 4.69) is 83.1 Å². The fourth-order valence-corrected chi connectivity index (χ4v) is 9.32. The Morgan fingerprint density at radius 1 is 0.568 bits per heavy atom. The largest absolute Gasteiger partial charge is 0.374 e. The number of fused-ring (bicyclic) bond motifs is 5. The summed E-state index contributed by atoms with van der Waals surface area (Å²) in [5, 5.41) is 8.65. The summed E-state index contributed by atoms with van der Waals surface area (Å²) in [5.74, 6) is 0. The summed E-state index contributed by atoms with van der Waals surface area (Å²) in [5.41, 5.74) is 8.00. The third-order valence-corrected chi connectivity index (χ3v) is 11.7. The van der Waals surface area contributed by atoms with Crippen molar-refractivity contribution in [2.24, 2.45) is 0 Å². The minimum absolute atomic E-state index is 0.0696. The van der Waals surface area contributed by atoms with Gasteiger partial charge in [0.1, 0.15) is 0 Å². The Bertz CT molecular complexity index is 2140. The van der Waals surface area contributed by atoms with Crippen LogP contribution in [0, 0.1) is 0 Å². The second kappa shape index (κ2) is 10.8. The van der Waals surface area contributed by atoms with Crippen molar-refractivity contribution in [1.29, 1.82) is 0 Å². The van der Waals surface area contributed by atoms with Gasteiger partial charge in [0.2, 0.25) is 0 Å². The molecule has 8 rings (SSSR count). The van der Waals surface area contributed by atoms with Crippen LogP contribution in [0.25, 0.3) is 33.0 Å². The summed E-state index contributed by atoms with van der Waals surface area (Å²) < 4.78 is 15.3. The SMILES string of the molecule is O=P(c1ccccc1)(c1ccccc1)c1cccc(-c2cc3c(c4ccccc24)-c2ccccc2NC3c2cccnc2)c1. The van der Waals surface area contributed by atoms with Crippen LogP contribution < -0.4 is 21.2 Å². The fraction of sp³-hybridized carbons (Fsp3) is 0.0250. The predicted octanol–water partition coefficient (Wildman–Crippen LogP) is 8.72. The molecular formula is C40H29N2OP. The number of hydrogen-bond acceptors (Lipinski definition) is 3. The topological polar surface area (TPSA) is 42.0 Å². The van der Waals surface area contributed by atoms with E-state index in [1.807, 2.05) is 91.3 Å². The molecule has 0 saturated heterocycles. The van der Waals surface area contributed by atoms with Gasteiger partial charge in [-0.15, -0.1) is 0 Å². The van der Waals surface area contributed by atoms with Crippen molar-refractivity contribution >= 4 is 39.5 Å². The van der Waals surface area contributed by atoms with E-state index in [9.17, 15) is 0 Å². The van der Waals surface area contributed by atoms with Crippen LogP contribution in [0.5, 0.6) is 0 Å². The Morgan fingerprint density at radius 3 is 1.95 bits per heavy atom. The number of benzene rings is 6. The van der Waals surface area contributed by atoms with Crippen LogP contribution in [0.4, 0.5) is 5.69 Å². The van der Waals surface area contributed by atoms with E-state index in [1.165, 1.54) is 27.5 Å². The van der Waals surface area contributed by atoms with Gasteiger partial charge in [0.25, 0.3) is 0 Å². The smallest absolute Gasteiger partial charge is 0.171 e. The summed E-state index contributed by atoms with van der Waals surface area (Å²) in [6.45, 7) is 0. The second-order valence-electron chi connectivity index (χ2n) is 11.2. The molecule has 0 saturated carbocycles. The first-order valence-electron chi connectivity index (χ1n) is 14.9. The lowest BCUT2D eigenvalue weighted by atomic mass is 9.81. The van der Waals surface area contributed by atoms with E-state index in [0.29, 0.717) is 0 Å². The van der Waals surface area contributed by atoms with Gasteiger partial charge in [-0.1, -0.05) is 127 Å². The molecule has 7 aromatic rings. The number of para-hydroxylation sites is 1. The Kier molecular flexibility index (Phi) is 6.47. The molecule has 210 valence electrons. The molecule has 0 bridgehead atoms. The monoisotopic (exact) mass is 584 g/mol. The predicted molar refractivity (Wildman–Crippen MR) is 184 cm³/mol. The van der Waals surface area contributed by atoms with Crippen molar-refractivity contribution in [3.05, 3.63) is 175 Å². The standard InChI is InChI=1S/C40H29N2OP/c43-44(30-15-3-1-4-16-30,31-17-5-2-6-18-31)32-19-11-13-28(25-32)36-26-37-39(34-21-8-7-20-33(34)36)35-22-9-10-23-38(35)42-40(37)29-14-12-24-41-27-29/h1-27,40,42H. The first-order valence-corrected chi connectivity index (χ1v) is 16.6. The molecule has 0 radical (unpaired) electrons. The molecule has 1 aromatic heterocycles. The van der Waals surface area contributed by atoms with Gasteiger partial charge in [0, 0.05) is 39.6 Å². The molecule has 0 aliphatic carbocycles. The van der Waals surface area contributed by atoms with Gasteiger partial charge in [0.15, 0.2) is 7.14 Å². The highest BCUT2D eigenvalue weighted by Crippen LogP contribution is 2.49. The number of hydrogen-bond donors (Lipinski definition) is 1. The van der Waals surface area contributed by atoms with Crippen LogP contribution >= 0.6 is 7.14 Å². The summed E-state index contributed by atoms with van der Waals surface area (Å²) in [4.78, 5) is 4.46. The number of rotatable bonds is 5. The van der Waals surface area contributed by atoms with Crippen molar-refractivity contribution in [2.45, 2.75) is 6.04 Å². The molecule has 2 heterocycles. The van der Waals surface area contributed by atoms with Crippen molar-refractivity contribution in [1.82, 2.24) is 4.98 Å². The zero-order chi connectivity index (χ0) is 29.5. The number of pyridine rings is 1. The fourth-order valence-electron chi connectivity index (χ4n) is 6.63. The van der Waals surface area contributed by atoms with E-state index in [0.717, 1.165) is 38.3 Å². The number of aromatic nitrogens is 1. The van der Waals surface area contributed by atoms with E-state index in [-0.39, 0.29) is 6.04 Å².